The van der Waals surface area contributed by atoms with E-state index in [9.17, 15) is 9.18 Å². The Bertz CT molecular complexity index is 1120. The maximum absolute atomic E-state index is 13.7. The second-order valence-electron chi connectivity index (χ2n) is 6.66. The van der Waals surface area contributed by atoms with Gasteiger partial charge in [0.15, 0.2) is 5.13 Å². The Labute approximate surface area is 188 Å². The topological polar surface area (TPSA) is 51.0 Å². The van der Waals surface area contributed by atoms with E-state index in [-0.39, 0.29) is 23.9 Å². The summed E-state index contributed by atoms with van der Waals surface area (Å²) in [5.74, 6) is -0.736. The first-order valence-electron chi connectivity index (χ1n) is 9.12. The summed E-state index contributed by atoms with van der Waals surface area (Å²) in [7, 11) is 0. The molecule has 0 aliphatic carbocycles. The molecule has 0 aliphatic rings. The number of aromatic nitrogens is 3. The average molecular weight is 465 g/mol. The summed E-state index contributed by atoms with van der Waals surface area (Å²) in [5, 5.41) is 1.15. The van der Waals surface area contributed by atoms with Crippen molar-refractivity contribution >= 4 is 56.6 Å². The largest absolute Gasteiger partial charge is 0.337 e. The number of benzene rings is 2. The van der Waals surface area contributed by atoms with Gasteiger partial charge in [-0.05, 0) is 43.2 Å². The summed E-state index contributed by atoms with van der Waals surface area (Å²) in [4.78, 5) is 23.5. The van der Waals surface area contributed by atoms with Crippen molar-refractivity contribution in [1.29, 1.82) is 0 Å². The molecule has 0 atom stereocenters. The first-order chi connectivity index (χ1) is 14.0. The number of amides is 1. The van der Waals surface area contributed by atoms with E-state index in [2.05, 4.69) is 9.97 Å². The number of carbonyl (C=O) groups is 1. The van der Waals surface area contributed by atoms with E-state index in [1.807, 2.05) is 29.8 Å². The Morgan fingerprint density at radius 2 is 2.13 bits per heavy atom. The van der Waals surface area contributed by atoms with Crippen LogP contribution in [0.3, 0.4) is 0 Å². The molecule has 30 heavy (non-hydrogen) atoms. The van der Waals surface area contributed by atoms with Gasteiger partial charge in [-0.1, -0.05) is 35.1 Å². The van der Waals surface area contributed by atoms with Crippen LogP contribution in [0.1, 0.15) is 22.3 Å². The molecule has 1 amide bonds. The third-order valence-corrected chi connectivity index (χ3v) is 6.13. The number of thiazole rings is 1. The standard InChI is InChI=1S/C21H18ClFN4OS.ClH/c1-14-6-7-17(22)19-18(14)25-21(29-19)27(10-3-9-26-11-8-24-13-26)20(28)15-4-2-5-16(23)12-15;/h2,4-8,11-13H,3,9-10H2,1H3;1H. The molecule has 0 saturated heterocycles. The molecule has 0 unspecified atom stereocenters. The highest BCUT2D eigenvalue weighted by Crippen LogP contribution is 2.36. The molecule has 0 fully saturated rings. The Balaban J connectivity index is 0.00000256. The van der Waals surface area contributed by atoms with Gasteiger partial charge < -0.3 is 4.57 Å². The van der Waals surface area contributed by atoms with Crippen molar-refractivity contribution in [2.75, 3.05) is 11.4 Å². The van der Waals surface area contributed by atoms with E-state index < -0.39 is 5.82 Å². The number of fused-ring (bicyclic) bond motifs is 1. The van der Waals surface area contributed by atoms with Crippen LogP contribution in [0.4, 0.5) is 9.52 Å². The molecule has 2 aromatic heterocycles. The minimum atomic E-state index is -0.447. The lowest BCUT2D eigenvalue weighted by Crippen LogP contribution is -2.32. The van der Waals surface area contributed by atoms with Gasteiger partial charge in [0, 0.05) is 31.0 Å². The molecular weight excluding hydrogens is 446 g/mol. The molecule has 4 rings (SSSR count). The van der Waals surface area contributed by atoms with Crippen molar-refractivity contribution in [2.24, 2.45) is 0 Å². The SMILES string of the molecule is Cc1ccc(Cl)c2sc(N(CCCn3ccnc3)C(=O)c3cccc(F)c3)nc12.Cl. The number of anilines is 1. The van der Waals surface area contributed by atoms with Gasteiger partial charge in [0.25, 0.3) is 5.91 Å². The minimum Gasteiger partial charge on any atom is -0.337 e. The third kappa shape index (κ3) is 4.64. The molecular formula is C21H19Cl2FN4OS. The van der Waals surface area contributed by atoms with Crippen molar-refractivity contribution in [3.05, 3.63) is 77.1 Å². The summed E-state index contributed by atoms with van der Waals surface area (Å²) in [6.07, 6.45) is 6.02. The van der Waals surface area contributed by atoms with E-state index in [1.165, 1.54) is 29.5 Å². The molecule has 4 aromatic rings. The molecule has 0 bridgehead atoms. The van der Waals surface area contributed by atoms with E-state index in [0.29, 0.717) is 29.7 Å². The fourth-order valence-electron chi connectivity index (χ4n) is 3.10. The first-order valence-corrected chi connectivity index (χ1v) is 10.3. The van der Waals surface area contributed by atoms with Gasteiger partial charge >= 0.3 is 0 Å². The first kappa shape index (κ1) is 22.2. The predicted molar refractivity (Wildman–Crippen MR) is 122 cm³/mol. The molecule has 0 aliphatic heterocycles. The van der Waals surface area contributed by atoms with Crippen molar-refractivity contribution in [1.82, 2.24) is 14.5 Å². The van der Waals surface area contributed by atoms with Crippen LogP contribution in [0, 0.1) is 12.7 Å². The number of aryl methyl sites for hydroxylation is 2. The van der Waals surface area contributed by atoms with Crippen LogP contribution in [-0.4, -0.2) is 27.0 Å². The molecule has 0 saturated carbocycles. The summed E-state index contributed by atoms with van der Waals surface area (Å²) in [5.41, 5.74) is 2.06. The number of carbonyl (C=O) groups excluding carboxylic acids is 1. The number of halogens is 3. The van der Waals surface area contributed by atoms with Crippen LogP contribution >= 0.6 is 35.3 Å². The summed E-state index contributed by atoms with van der Waals surface area (Å²) in [6.45, 7) is 3.10. The fourth-order valence-corrected chi connectivity index (χ4v) is 4.44. The van der Waals surface area contributed by atoms with Crippen LogP contribution in [0.25, 0.3) is 10.2 Å². The van der Waals surface area contributed by atoms with Gasteiger partial charge in [0.1, 0.15) is 5.82 Å². The van der Waals surface area contributed by atoms with Crippen molar-refractivity contribution < 1.29 is 9.18 Å². The highest BCUT2D eigenvalue weighted by atomic mass is 35.5. The predicted octanol–water partition coefficient (Wildman–Crippen LogP) is 5.75. The van der Waals surface area contributed by atoms with E-state index in [4.69, 9.17) is 11.6 Å². The lowest BCUT2D eigenvalue weighted by molar-refractivity contribution is 0.0986. The third-order valence-electron chi connectivity index (χ3n) is 4.59. The van der Waals surface area contributed by atoms with Gasteiger partial charge in [0.05, 0.1) is 21.6 Å². The lowest BCUT2D eigenvalue weighted by Gasteiger charge is -2.20. The molecule has 0 radical (unpaired) electrons. The second kappa shape index (κ2) is 9.55. The molecule has 9 heteroatoms. The Morgan fingerprint density at radius 3 is 2.83 bits per heavy atom. The van der Waals surface area contributed by atoms with Crippen LogP contribution in [0.15, 0.2) is 55.1 Å². The maximum Gasteiger partial charge on any atom is 0.260 e. The zero-order chi connectivity index (χ0) is 20.4. The summed E-state index contributed by atoms with van der Waals surface area (Å²) in [6, 6.07) is 9.45. The zero-order valence-corrected chi connectivity index (χ0v) is 18.5. The Hall–Kier alpha value is -2.48. The molecule has 0 spiro atoms. The molecule has 156 valence electrons. The fraction of sp³-hybridized carbons (Fsp3) is 0.190. The van der Waals surface area contributed by atoms with E-state index in [0.717, 1.165) is 15.8 Å². The van der Waals surface area contributed by atoms with Crippen LogP contribution in [0.2, 0.25) is 5.02 Å². The summed E-state index contributed by atoms with van der Waals surface area (Å²) >= 11 is 7.71. The monoisotopic (exact) mass is 464 g/mol. The highest BCUT2D eigenvalue weighted by Gasteiger charge is 2.22. The maximum atomic E-state index is 13.7. The number of imidazole rings is 1. The van der Waals surface area contributed by atoms with Gasteiger partial charge in [-0.2, -0.15) is 0 Å². The highest BCUT2D eigenvalue weighted by molar-refractivity contribution is 7.23. The molecule has 5 nitrogen and oxygen atoms in total. The van der Waals surface area contributed by atoms with Gasteiger partial charge in [-0.15, -0.1) is 12.4 Å². The number of hydrogen-bond donors (Lipinski definition) is 0. The number of hydrogen-bond acceptors (Lipinski definition) is 4. The van der Waals surface area contributed by atoms with E-state index in [1.54, 1.807) is 23.5 Å². The Kier molecular flexibility index (Phi) is 7.07. The van der Waals surface area contributed by atoms with Gasteiger partial charge in [0.2, 0.25) is 0 Å². The van der Waals surface area contributed by atoms with Crippen molar-refractivity contribution in [3.63, 3.8) is 0 Å². The number of rotatable bonds is 6. The minimum absolute atomic E-state index is 0. The van der Waals surface area contributed by atoms with Crippen molar-refractivity contribution in [3.8, 4) is 0 Å². The Morgan fingerprint density at radius 1 is 1.30 bits per heavy atom. The molecule has 0 N–H and O–H groups in total. The van der Waals surface area contributed by atoms with E-state index >= 15 is 0 Å². The number of nitrogens with zero attached hydrogens (tertiary/aromatic N) is 4. The van der Waals surface area contributed by atoms with Crippen LogP contribution < -0.4 is 4.90 Å². The van der Waals surface area contributed by atoms with Gasteiger partial charge in [-0.3, -0.25) is 9.69 Å². The average Bonchev–Trinajstić information content (AvgIpc) is 3.38. The van der Waals surface area contributed by atoms with Crippen LogP contribution in [0.5, 0.6) is 0 Å². The normalized spacial score (nSPS) is 10.8. The van der Waals surface area contributed by atoms with Crippen molar-refractivity contribution in [2.45, 2.75) is 19.9 Å². The second-order valence-corrected chi connectivity index (χ2v) is 8.04. The molecule has 2 heterocycles. The van der Waals surface area contributed by atoms with Crippen LogP contribution in [-0.2, 0) is 6.54 Å². The quantitative estimate of drug-likeness (QED) is 0.364. The lowest BCUT2D eigenvalue weighted by atomic mass is 10.2. The molecule has 2 aromatic carbocycles. The zero-order valence-electron chi connectivity index (χ0n) is 16.1. The smallest absolute Gasteiger partial charge is 0.260 e. The summed E-state index contributed by atoms with van der Waals surface area (Å²) < 4.78 is 16.5. The van der Waals surface area contributed by atoms with Gasteiger partial charge in [-0.25, -0.2) is 14.4 Å².